The number of halogens is 2. The van der Waals surface area contributed by atoms with E-state index in [9.17, 15) is 14.4 Å². The highest BCUT2D eigenvalue weighted by molar-refractivity contribution is 9.10. The fourth-order valence-electron chi connectivity index (χ4n) is 2.62. The summed E-state index contributed by atoms with van der Waals surface area (Å²) in [5.41, 5.74) is 1.36. The molecule has 0 saturated carbocycles. The van der Waals surface area contributed by atoms with Crippen LogP contribution < -0.4 is 16.2 Å². The normalized spacial score (nSPS) is 10.7. The Morgan fingerprint density at radius 2 is 1.96 bits per heavy atom. The summed E-state index contributed by atoms with van der Waals surface area (Å²) >= 11 is 9.44. The number of aromatic nitrogens is 2. The van der Waals surface area contributed by atoms with Crippen molar-refractivity contribution in [1.82, 2.24) is 9.55 Å². The Hall–Kier alpha value is -2.71. The molecule has 0 atom stereocenters. The van der Waals surface area contributed by atoms with E-state index in [2.05, 4.69) is 31.5 Å². The number of carbonyl (C=O) groups is 2. The number of anilines is 2. The molecule has 3 rings (SSSR count). The Labute approximate surface area is 173 Å². The molecular weight excluding hydrogens is 448 g/mol. The zero-order chi connectivity index (χ0) is 20.3. The van der Waals surface area contributed by atoms with Gasteiger partial charge in [-0.2, -0.15) is 0 Å². The van der Waals surface area contributed by atoms with Crippen LogP contribution in [0.15, 0.2) is 52.0 Å². The number of aryl methyl sites for hydroxylation is 1. The molecule has 0 aliphatic rings. The van der Waals surface area contributed by atoms with E-state index in [-0.39, 0.29) is 30.3 Å². The minimum absolute atomic E-state index is 0.0894. The first-order chi connectivity index (χ1) is 13.3. The SMILES string of the molecule is CC(=O)Nc1ccc(NC(=O)CCn2cnc3ccc(Br)cc3c2=O)cc1Cl. The maximum absolute atomic E-state index is 12.5. The molecule has 7 nitrogen and oxygen atoms in total. The van der Waals surface area contributed by atoms with Crippen molar-refractivity contribution in [3.05, 3.63) is 62.6 Å². The summed E-state index contributed by atoms with van der Waals surface area (Å²) in [6.45, 7) is 1.58. The van der Waals surface area contributed by atoms with Crippen molar-refractivity contribution in [3.8, 4) is 0 Å². The van der Waals surface area contributed by atoms with Gasteiger partial charge in [0.15, 0.2) is 0 Å². The maximum atomic E-state index is 12.5. The fraction of sp³-hybridized carbons (Fsp3) is 0.158. The number of benzene rings is 2. The van der Waals surface area contributed by atoms with Crippen LogP contribution in [0, 0.1) is 0 Å². The third-order valence-corrected chi connectivity index (χ3v) is 4.74. The van der Waals surface area contributed by atoms with Crippen LogP contribution in [0.5, 0.6) is 0 Å². The van der Waals surface area contributed by atoms with E-state index in [1.807, 2.05) is 6.07 Å². The largest absolute Gasteiger partial charge is 0.326 e. The van der Waals surface area contributed by atoms with Crippen LogP contribution in [0.2, 0.25) is 5.02 Å². The summed E-state index contributed by atoms with van der Waals surface area (Å²) in [6.07, 6.45) is 1.52. The molecule has 3 aromatic rings. The number of hydrogen-bond donors (Lipinski definition) is 2. The number of carbonyl (C=O) groups excluding carboxylic acids is 2. The molecule has 0 aliphatic carbocycles. The predicted octanol–water partition coefficient (Wildman–Crippen LogP) is 3.80. The van der Waals surface area contributed by atoms with Crippen LogP contribution in [-0.2, 0) is 16.1 Å². The van der Waals surface area contributed by atoms with Gasteiger partial charge in [-0.3, -0.25) is 19.0 Å². The molecule has 28 heavy (non-hydrogen) atoms. The first kappa shape index (κ1) is 20.0. The van der Waals surface area contributed by atoms with Gasteiger partial charge in [0.2, 0.25) is 11.8 Å². The van der Waals surface area contributed by atoms with Crippen molar-refractivity contribution in [2.45, 2.75) is 19.9 Å². The number of rotatable bonds is 5. The molecule has 2 N–H and O–H groups in total. The Bertz CT molecular complexity index is 1130. The van der Waals surface area contributed by atoms with E-state index in [1.165, 1.54) is 17.8 Å². The van der Waals surface area contributed by atoms with Crippen molar-refractivity contribution in [1.29, 1.82) is 0 Å². The second-order valence-corrected chi connectivity index (χ2v) is 7.40. The van der Waals surface area contributed by atoms with Gasteiger partial charge in [0, 0.05) is 30.0 Å². The summed E-state index contributed by atoms with van der Waals surface area (Å²) < 4.78 is 2.19. The second-order valence-electron chi connectivity index (χ2n) is 6.08. The molecule has 0 fully saturated rings. The van der Waals surface area contributed by atoms with Gasteiger partial charge >= 0.3 is 0 Å². The van der Waals surface area contributed by atoms with Gasteiger partial charge in [0.1, 0.15) is 0 Å². The number of hydrogen-bond acceptors (Lipinski definition) is 4. The summed E-state index contributed by atoms with van der Waals surface area (Å²) in [5, 5.41) is 6.11. The summed E-state index contributed by atoms with van der Waals surface area (Å²) in [4.78, 5) is 40.1. The van der Waals surface area contributed by atoms with Crippen molar-refractivity contribution in [2.24, 2.45) is 0 Å². The minimum atomic E-state index is -0.274. The summed E-state index contributed by atoms with van der Waals surface area (Å²) in [6, 6.07) is 10.1. The summed E-state index contributed by atoms with van der Waals surface area (Å²) in [5.74, 6) is -0.510. The van der Waals surface area contributed by atoms with E-state index in [0.717, 1.165) is 4.47 Å². The first-order valence-electron chi connectivity index (χ1n) is 8.35. The van der Waals surface area contributed by atoms with Gasteiger partial charge in [-0.1, -0.05) is 27.5 Å². The van der Waals surface area contributed by atoms with Crippen molar-refractivity contribution >= 4 is 61.6 Å². The highest BCUT2D eigenvalue weighted by Gasteiger charge is 2.09. The smallest absolute Gasteiger partial charge is 0.261 e. The average Bonchev–Trinajstić information content (AvgIpc) is 2.63. The van der Waals surface area contributed by atoms with E-state index in [4.69, 9.17) is 11.6 Å². The number of fused-ring (bicyclic) bond motifs is 1. The van der Waals surface area contributed by atoms with Crippen LogP contribution in [0.3, 0.4) is 0 Å². The molecule has 0 bridgehead atoms. The fourth-order valence-corrected chi connectivity index (χ4v) is 3.21. The van der Waals surface area contributed by atoms with E-state index in [0.29, 0.717) is 27.3 Å². The van der Waals surface area contributed by atoms with Gasteiger partial charge < -0.3 is 10.6 Å². The third-order valence-electron chi connectivity index (χ3n) is 3.93. The Morgan fingerprint density at radius 3 is 2.68 bits per heavy atom. The monoisotopic (exact) mass is 462 g/mol. The van der Waals surface area contributed by atoms with Crippen molar-refractivity contribution in [3.63, 3.8) is 0 Å². The van der Waals surface area contributed by atoms with Crippen LogP contribution in [0.1, 0.15) is 13.3 Å². The van der Waals surface area contributed by atoms with Crippen molar-refractivity contribution < 1.29 is 9.59 Å². The molecule has 0 aliphatic heterocycles. The number of nitrogens with one attached hydrogen (secondary N) is 2. The Morgan fingerprint density at radius 1 is 1.18 bits per heavy atom. The number of amides is 2. The minimum Gasteiger partial charge on any atom is -0.326 e. The molecule has 1 heterocycles. The molecule has 144 valence electrons. The third kappa shape index (κ3) is 4.76. The lowest BCUT2D eigenvalue weighted by molar-refractivity contribution is -0.116. The van der Waals surface area contributed by atoms with Gasteiger partial charge in [-0.05, 0) is 36.4 Å². The quantitative estimate of drug-likeness (QED) is 0.602. The van der Waals surface area contributed by atoms with Gasteiger partial charge in [0.25, 0.3) is 5.56 Å². The van der Waals surface area contributed by atoms with E-state index in [1.54, 1.807) is 30.3 Å². The molecule has 2 amide bonds. The Balaban J connectivity index is 1.67. The zero-order valence-electron chi connectivity index (χ0n) is 14.8. The lowest BCUT2D eigenvalue weighted by atomic mass is 10.2. The zero-order valence-corrected chi connectivity index (χ0v) is 17.2. The van der Waals surface area contributed by atoms with Gasteiger partial charge in [-0.25, -0.2) is 4.98 Å². The van der Waals surface area contributed by atoms with E-state index < -0.39 is 0 Å². The molecule has 0 radical (unpaired) electrons. The molecule has 0 spiro atoms. The predicted molar refractivity (Wildman–Crippen MR) is 113 cm³/mol. The highest BCUT2D eigenvalue weighted by Crippen LogP contribution is 2.25. The average molecular weight is 464 g/mol. The lowest BCUT2D eigenvalue weighted by Crippen LogP contribution is -2.23. The van der Waals surface area contributed by atoms with Crippen LogP contribution in [0.4, 0.5) is 11.4 Å². The molecule has 0 saturated heterocycles. The standard InChI is InChI=1S/C19H16BrClN4O3/c1-11(26)23-17-5-3-13(9-15(17)21)24-18(27)6-7-25-10-22-16-4-2-12(20)8-14(16)19(25)28/h2-5,8-10H,6-7H2,1H3,(H,23,26)(H,24,27). The van der Waals surface area contributed by atoms with Gasteiger partial charge in [-0.15, -0.1) is 0 Å². The van der Waals surface area contributed by atoms with Crippen molar-refractivity contribution in [2.75, 3.05) is 10.6 Å². The molecular formula is C19H16BrClN4O3. The van der Waals surface area contributed by atoms with Gasteiger partial charge in [0.05, 0.1) is 27.9 Å². The maximum Gasteiger partial charge on any atom is 0.261 e. The molecule has 0 unspecified atom stereocenters. The molecule has 1 aromatic heterocycles. The Kier molecular flexibility index (Phi) is 6.11. The topological polar surface area (TPSA) is 93.1 Å². The second kappa shape index (κ2) is 8.53. The van der Waals surface area contributed by atoms with E-state index >= 15 is 0 Å². The van der Waals surface area contributed by atoms with Crippen LogP contribution in [-0.4, -0.2) is 21.4 Å². The first-order valence-corrected chi connectivity index (χ1v) is 9.52. The highest BCUT2D eigenvalue weighted by atomic mass is 79.9. The molecule has 9 heteroatoms. The number of nitrogens with zero attached hydrogens (tertiary/aromatic N) is 2. The lowest BCUT2D eigenvalue weighted by Gasteiger charge is -2.10. The van der Waals surface area contributed by atoms with Crippen LogP contribution in [0.25, 0.3) is 10.9 Å². The summed E-state index contributed by atoms with van der Waals surface area (Å²) in [7, 11) is 0. The van der Waals surface area contributed by atoms with Crippen LogP contribution >= 0.6 is 27.5 Å². The molecule has 2 aromatic carbocycles.